The fraction of sp³-hybridized carbons (Fsp3) is 0.750. The van der Waals surface area contributed by atoms with E-state index in [0.29, 0.717) is 6.04 Å². The topological polar surface area (TPSA) is 56.7 Å². The third-order valence-electron chi connectivity index (χ3n) is 2.56. The second-order valence-corrected chi connectivity index (χ2v) is 3.40. The van der Waals surface area contributed by atoms with Crippen molar-refractivity contribution < 1.29 is 0 Å². The second-order valence-electron chi connectivity index (χ2n) is 3.40. The summed E-state index contributed by atoms with van der Waals surface area (Å²) in [5.74, 6) is 0. The molecule has 0 radical (unpaired) electrons. The molecule has 1 aromatic rings. The van der Waals surface area contributed by atoms with Crippen molar-refractivity contribution in [1.82, 2.24) is 15.0 Å². The van der Waals surface area contributed by atoms with Gasteiger partial charge in [-0.3, -0.25) is 0 Å². The summed E-state index contributed by atoms with van der Waals surface area (Å²) >= 11 is 0. The molecule has 2 atom stereocenters. The van der Waals surface area contributed by atoms with Gasteiger partial charge in [-0.1, -0.05) is 18.1 Å². The molecule has 1 saturated carbocycles. The van der Waals surface area contributed by atoms with Crippen LogP contribution in [0.3, 0.4) is 0 Å². The van der Waals surface area contributed by atoms with Gasteiger partial charge in [-0.2, -0.15) is 0 Å². The molecule has 4 nitrogen and oxygen atoms in total. The normalized spacial score (nSPS) is 30.4. The Morgan fingerprint density at radius 3 is 2.83 bits per heavy atom. The lowest BCUT2D eigenvalue weighted by molar-refractivity contribution is 0.282. The molecule has 4 heteroatoms. The van der Waals surface area contributed by atoms with Gasteiger partial charge in [0.25, 0.3) is 0 Å². The van der Waals surface area contributed by atoms with E-state index in [2.05, 4.69) is 10.3 Å². The molecule has 12 heavy (non-hydrogen) atoms. The lowest BCUT2D eigenvalue weighted by atomic mass is 9.91. The molecule has 1 fully saturated rings. The van der Waals surface area contributed by atoms with Gasteiger partial charge in [0.05, 0.1) is 12.2 Å². The first-order valence-corrected chi connectivity index (χ1v) is 4.49. The zero-order chi connectivity index (χ0) is 8.39. The van der Waals surface area contributed by atoms with E-state index >= 15 is 0 Å². The van der Waals surface area contributed by atoms with E-state index in [0.717, 1.165) is 12.8 Å². The van der Waals surface area contributed by atoms with Crippen LogP contribution in [0.15, 0.2) is 12.4 Å². The van der Waals surface area contributed by atoms with Gasteiger partial charge in [0.1, 0.15) is 0 Å². The van der Waals surface area contributed by atoms with Crippen molar-refractivity contribution in [3.63, 3.8) is 0 Å². The molecular formula is C8H14N4. The number of nitrogens with two attached hydrogens (primary N) is 1. The number of rotatable bonds is 1. The van der Waals surface area contributed by atoms with Gasteiger partial charge in [-0.25, -0.2) is 4.68 Å². The summed E-state index contributed by atoms with van der Waals surface area (Å²) in [5.41, 5.74) is 5.98. The largest absolute Gasteiger partial charge is 0.326 e. The van der Waals surface area contributed by atoms with Crippen LogP contribution in [0.2, 0.25) is 0 Å². The summed E-state index contributed by atoms with van der Waals surface area (Å²) in [4.78, 5) is 0. The van der Waals surface area contributed by atoms with Crippen molar-refractivity contribution in [1.29, 1.82) is 0 Å². The van der Waals surface area contributed by atoms with Crippen molar-refractivity contribution in [3.8, 4) is 0 Å². The van der Waals surface area contributed by atoms with Gasteiger partial charge in [-0.15, -0.1) is 5.10 Å². The first-order valence-electron chi connectivity index (χ1n) is 4.49. The Morgan fingerprint density at radius 1 is 1.33 bits per heavy atom. The van der Waals surface area contributed by atoms with E-state index in [-0.39, 0.29) is 6.04 Å². The first kappa shape index (κ1) is 7.73. The maximum absolute atomic E-state index is 5.98. The molecular weight excluding hydrogens is 152 g/mol. The third kappa shape index (κ3) is 1.34. The molecule has 1 aliphatic carbocycles. The minimum absolute atomic E-state index is 0.264. The lowest BCUT2D eigenvalue weighted by Gasteiger charge is -2.27. The Labute approximate surface area is 71.8 Å². The number of hydrogen-bond acceptors (Lipinski definition) is 3. The van der Waals surface area contributed by atoms with Crippen LogP contribution < -0.4 is 5.73 Å². The molecule has 0 amide bonds. The van der Waals surface area contributed by atoms with E-state index in [9.17, 15) is 0 Å². The molecule has 0 spiro atoms. The molecule has 0 bridgehead atoms. The number of hydrogen-bond donors (Lipinski definition) is 1. The quantitative estimate of drug-likeness (QED) is 0.668. The van der Waals surface area contributed by atoms with Crippen LogP contribution in [0.1, 0.15) is 31.7 Å². The lowest BCUT2D eigenvalue weighted by Crippen LogP contribution is -2.35. The molecule has 1 aliphatic rings. The van der Waals surface area contributed by atoms with Gasteiger partial charge >= 0.3 is 0 Å². The van der Waals surface area contributed by atoms with Crippen molar-refractivity contribution in [2.24, 2.45) is 5.73 Å². The summed E-state index contributed by atoms with van der Waals surface area (Å²) in [7, 11) is 0. The van der Waals surface area contributed by atoms with Crippen LogP contribution in [0.25, 0.3) is 0 Å². The van der Waals surface area contributed by atoms with E-state index < -0.39 is 0 Å². The smallest absolute Gasteiger partial charge is 0.0693 e. The molecule has 2 unspecified atom stereocenters. The zero-order valence-electron chi connectivity index (χ0n) is 7.06. The van der Waals surface area contributed by atoms with Crippen LogP contribution in [-0.4, -0.2) is 21.0 Å². The molecule has 1 heterocycles. The van der Waals surface area contributed by atoms with Gasteiger partial charge in [0.15, 0.2) is 0 Å². The van der Waals surface area contributed by atoms with E-state index in [4.69, 9.17) is 5.73 Å². The van der Waals surface area contributed by atoms with Gasteiger partial charge in [0.2, 0.25) is 0 Å². The minimum atomic E-state index is 0.264. The Balaban J connectivity index is 2.11. The zero-order valence-corrected chi connectivity index (χ0v) is 7.06. The highest BCUT2D eigenvalue weighted by atomic mass is 15.4. The van der Waals surface area contributed by atoms with Crippen LogP contribution in [-0.2, 0) is 0 Å². The monoisotopic (exact) mass is 166 g/mol. The highest BCUT2D eigenvalue weighted by molar-refractivity contribution is 4.83. The highest BCUT2D eigenvalue weighted by Gasteiger charge is 2.23. The summed E-state index contributed by atoms with van der Waals surface area (Å²) in [5, 5.41) is 7.77. The van der Waals surface area contributed by atoms with Crippen LogP contribution in [0.5, 0.6) is 0 Å². The predicted octanol–water partition coefficient (Wildman–Crippen LogP) is 0.720. The Bertz CT molecular complexity index is 231. The standard InChI is InChI=1S/C8H14N4/c9-7-3-1-2-4-8(7)12-6-5-10-11-12/h5-8H,1-4,9H2. The van der Waals surface area contributed by atoms with Crippen LogP contribution in [0, 0.1) is 0 Å². The minimum Gasteiger partial charge on any atom is -0.326 e. The maximum Gasteiger partial charge on any atom is 0.0693 e. The fourth-order valence-corrected chi connectivity index (χ4v) is 1.86. The van der Waals surface area contributed by atoms with Gasteiger partial charge < -0.3 is 5.73 Å². The summed E-state index contributed by atoms with van der Waals surface area (Å²) in [6, 6.07) is 0.640. The number of aromatic nitrogens is 3. The van der Waals surface area contributed by atoms with E-state index in [1.165, 1.54) is 12.8 Å². The van der Waals surface area contributed by atoms with Crippen molar-refractivity contribution in [3.05, 3.63) is 12.4 Å². The molecule has 2 N–H and O–H groups in total. The molecule has 2 rings (SSSR count). The highest BCUT2D eigenvalue weighted by Crippen LogP contribution is 2.25. The van der Waals surface area contributed by atoms with Crippen molar-refractivity contribution in [2.45, 2.75) is 37.8 Å². The van der Waals surface area contributed by atoms with Gasteiger partial charge in [0, 0.05) is 12.2 Å². The van der Waals surface area contributed by atoms with E-state index in [1.807, 2.05) is 10.9 Å². The maximum atomic E-state index is 5.98. The molecule has 0 aliphatic heterocycles. The molecule has 1 aromatic heterocycles. The van der Waals surface area contributed by atoms with Crippen LogP contribution >= 0.6 is 0 Å². The molecule has 0 saturated heterocycles. The predicted molar refractivity (Wildman–Crippen MR) is 45.5 cm³/mol. The summed E-state index contributed by atoms with van der Waals surface area (Å²) in [6.45, 7) is 0. The van der Waals surface area contributed by atoms with Crippen molar-refractivity contribution in [2.75, 3.05) is 0 Å². The molecule has 0 aromatic carbocycles. The first-order chi connectivity index (χ1) is 5.88. The summed E-state index contributed by atoms with van der Waals surface area (Å²) in [6.07, 6.45) is 8.39. The number of nitrogens with zero attached hydrogens (tertiary/aromatic N) is 3. The van der Waals surface area contributed by atoms with Crippen molar-refractivity contribution >= 4 is 0 Å². The molecule has 66 valence electrons. The van der Waals surface area contributed by atoms with E-state index in [1.54, 1.807) is 6.20 Å². The summed E-state index contributed by atoms with van der Waals surface area (Å²) < 4.78 is 1.89. The Kier molecular flexibility index (Phi) is 2.08. The average molecular weight is 166 g/mol. The Hall–Kier alpha value is -0.900. The van der Waals surface area contributed by atoms with Gasteiger partial charge in [-0.05, 0) is 12.8 Å². The third-order valence-corrected chi connectivity index (χ3v) is 2.56. The van der Waals surface area contributed by atoms with Crippen LogP contribution in [0.4, 0.5) is 0 Å². The second kappa shape index (κ2) is 3.23. The SMILES string of the molecule is NC1CCCCC1n1ccnn1. The fourth-order valence-electron chi connectivity index (χ4n) is 1.86. The average Bonchev–Trinajstić information content (AvgIpc) is 2.57. The Morgan fingerprint density at radius 2 is 2.17 bits per heavy atom.